The Labute approximate surface area is 211 Å². The lowest BCUT2D eigenvalue weighted by Crippen LogP contribution is -2.45. The highest BCUT2D eigenvalue weighted by Gasteiger charge is 2.48. The molecular weight excluding hydrogens is 470 g/mol. The van der Waals surface area contributed by atoms with Crippen LogP contribution in [0.5, 0.6) is 0 Å². The maximum absolute atomic E-state index is 13.1. The molecule has 2 aliphatic rings. The summed E-state index contributed by atoms with van der Waals surface area (Å²) in [5.74, 6) is -1.97. The van der Waals surface area contributed by atoms with Gasteiger partial charge in [-0.15, -0.1) is 0 Å². The van der Waals surface area contributed by atoms with Gasteiger partial charge in [0.1, 0.15) is 6.04 Å². The number of imide groups is 2. The van der Waals surface area contributed by atoms with E-state index in [1.165, 1.54) is 6.92 Å². The fourth-order valence-corrected chi connectivity index (χ4v) is 4.11. The Morgan fingerprint density at radius 1 is 0.917 bits per heavy atom. The minimum atomic E-state index is -0.961. The topological polar surface area (TPSA) is 124 Å². The van der Waals surface area contributed by atoms with Gasteiger partial charge in [0.2, 0.25) is 5.91 Å². The molecule has 1 atom stereocenters. The van der Waals surface area contributed by atoms with Gasteiger partial charge in [-0.05, 0) is 25.0 Å². The van der Waals surface area contributed by atoms with Crippen molar-refractivity contribution in [1.82, 2.24) is 9.80 Å². The first-order valence-electron chi connectivity index (χ1n) is 12.3. The number of nitrogens with zero attached hydrogens (tertiary/aromatic N) is 2. The summed E-state index contributed by atoms with van der Waals surface area (Å²) in [4.78, 5) is 52.4. The number of fused-ring (bicyclic) bond motifs is 1. The SMILES string of the molecule is CCCOCCOCCOCCOCCNc1cccc2c1C(=O)N(C1CCN(C(C)=O)C1=O)C2=O. The van der Waals surface area contributed by atoms with E-state index in [0.717, 1.165) is 22.8 Å². The third kappa shape index (κ3) is 6.88. The zero-order chi connectivity index (χ0) is 25.9. The van der Waals surface area contributed by atoms with Crippen LogP contribution in [-0.4, -0.2) is 105 Å². The number of anilines is 1. The third-order valence-corrected chi connectivity index (χ3v) is 5.84. The van der Waals surface area contributed by atoms with E-state index in [2.05, 4.69) is 12.2 Å². The quantitative estimate of drug-likeness (QED) is 0.262. The average molecular weight is 506 g/mol. The van der Waals surface area contributed by atoms with Crippen molar-refractivity contribution in [3.05, 3.63) is 29.3 Å². The number of amides is 4. The number of carbonyl (C=O) groups is 4. The standard InChI is InChI=1S/C25H35N3O8/c1-3-10-33-12-14-35-16-17-36-15-13-34-11-8-26-20-6-4-5-19-22(20)25(32)28(23(19)30)21-7-9-27(18(2)29)24(21)31/h4-6,21,26H,3,7-17H2,1-2H3. The monoisotopic (exact) mass is 505 g/mol. The summed E-state index contributed by atoms with van der Waals surface area (Å²) in [6.07, 6.45) is 1.23. The fraction of sp³-hybridized carbons (Fsp3) is 0.600. The summed E-state index contributed by atoms with van der Waals surface area (Å²) >= 11 is 0. The van der Waals surface area contributed by atoms with Crippen molar-refractivity contribution in [2.75, 3.05) is 71.3 Å². The predicted octanol–water partition coefficient (Wildman–Crippen LogP) is 1.32. The first kappa shape index (κ1) is 27.7. The molecule has 11 nitrogen and oxygen atoms in total. The van der Waals surface area contributed by atoms with E-state index >= 15 is 0 Å². The lowest BCUT2D eigenvalue weighted by Gasteiger charge is -2.20. The van der Waals surface area contributed by atoms with E-state index < -0.39 is 29.7 Å². The Hall–Kier alpha value is -2.86. The second-order valence-corrected chi connectivity index (χ2v) is 8.40. The molecule has 11 heteroatoms. The normalized spacial score (nSPS) is 17.3. The van der Waals surface area contributed by atoms with Crippen LogP contribution in [0.3, 0.4) is 0 Å². The van der Waals surface area contributed by atoms with Crippen LogP contribution in [0, 0.1) is 0 Å². The van der Waals surface area contributed by atoms with Crippen LogP contribution in [-0.2, 0) is 28.5 Å². The van der Waals surface area contributed by atoms with Crippen LogP contribution >= 0.6 is 0 Å². The van der Waals surface area contributed by atoms with E-state index in [4.69, 9.17) is 18.9 Å². The molecule has 1 N–H and O–H groups in total. The molecule has 0 aliphatic carbocycles. The molecule has 2 aliphatic heterocycles. The molecule has 0 bridgehead atoms. The van der Waals surface area contributed by atoms with E-state index in [-0.39, 0.29) is 24.1 Å². The zero-order valence-electron chi connectivity index (χ0n) is 21.0. The highest BCUT2D eigenvalue weighted by atomic mass is 16.6. The second kappa shape index (κ2) is 14.0. The summed E-state index contributed by atoms with van der Waals surface area (Å²) in [6, 6.07) is 4.00. The van der Waals surface area contributed by atoms with Gasteiger partial charge in [-0.25, -0.2) is 0 Å². The molecule has 1 unspecified atom stereocenters. The molecule has 198 valence electrons. The van der Waals surface area contributed by atoms with E-state index in [1.807, 2.05) is 0 Å². The number of benzene rings is 1. The molecule has 0 aromatic heterocycles. The van der Waals surface area contributed by atoms with Gasteiger partial charge in [-0.3, -0.25) is 29.0 Å². The van der Waals surface area contributed by atoms with Gasteiger partial charge < -0.3 is 24.3 Å². The molecule has 1 aromatic rings. The first-order chi connectivity index (χ1) is 17.5. The molecule has 0 spiro atoms. The van der Waals surface area contributed by atoms with Crippen molar-refractivity contribution >= 4 is 29.3 Å². The van der Waals surface area contributed by atoms with Crippen molar-refractivity contribution in [3.63, 3.8) is 0 Å². The van der Waals surface area contributed by atoms with Gasteiger partial charge in [-0.1, -0.05) is 13.0 Å². The predicted molar refractivity (Wildman–Crippen MR) is 130 cm³/mol. The Morgan fingerprint density at radius 2 is 1.53 bits per heavy atom. The molecule has 3 rings (SSSR count). The van der Waals surface area contributed by atoms with Crippen LogP contribution in [0.1, 0.15) is 47.4 Å². The summed E-state index contributed by atoms with van der Waals surface area (Å²) in [5, 5.41) is 3.14. The maximum atomic E-state index is 13.1. The van der Waals surface area contributed by atoms with Crippen LogP contribution < -0.4 is 5.32 Å². The number of hydrogen-bond acceptors (Lipinski definition) is 9. The molecule has 4 amide bonds. The Morgan fingerprint density at radius 3 is 2.11 bits per heavy atom. The van der Waals surface area contributed by atoms with Crippen LogP contribution in [0.15, 0.2) is 18.2 Å². The van der Waals surface area contributed by atoms with Crippen molar-refractivity contribution in [2.45, 2.75) is 32.7 Å². The summed E-state index contributed by atoms with van der Waals surface area (Å²) in [7, 11) is 0. The second-order valence-electron chi connectivity index (χ2n) is 8.40. The van der Waals surface area contributed by atoms with E-state index in [0.29, 0.717) is 58.5 Å². The highest BCUT2D eigenvalue weighted by Crippen LogP contribution is 2.33. The minimum Gasteiger partial charge on any atom is -0.382 e. The maximum Gasteiger partial charge on any atom is 0.264 e. The zero-order valence-corrected chi connectivity index (χ0v) is 21.0. The van der Waals surface area contributed by atoms with E-state index in [9.17, 15) is 19.2 Å². The fourth-order valence-electron chi connectivity index (χ4n) is 4.11. The lowest BCUT2D eigenvalue weighted by molar-refractivity contribution is -0.142. The van der Waals surface area contributed by atoms with Gasteiger partial charge in [0.25, 0.3) is 17.7 Å². The van der Waals surface area contributed by atoms with Crippen molar-refractivity contribution in [3.8, 4) is 0 Å². The Balaban J connectivity index is 1.37. The number of rotatable bonds is 16. The lowest BCUT2D eigenvalue weighted by atomic mass is 10.1. The molecule has 1 saturated heterocycles. The average Bonchev–Trinajstić information content (AvgIpc) is 3.36. The number of carbonyl (C=O) groups excluding carboxylic acids is 4. The van der Waals surface area contributed by atoms with Gasteiger partial charge >= 0.3 is 0 Å². The highest BCUT2D eigenvalue weighted by molar-refractivity contribution is 6.25. The Kier molecular flexibility index (Phi) is 10.8. The van der Waals surface area contributed by atoms with Gasteiger partial charge in [-0.2, -0.15) is 0 Å². The van der Waals surface area contributed by atoms with Crippen LogP contribution in [0.25, 0.3) is 0 Å². The molecule has 2 heterocycles. The molecule has 0 radical (unpaired) electrons. The van der Waals surface area contributed by atoms with Gasteiger partial charge in [0, 0.05) is 32.3 Å². The number of nitrogens with one attached hydrogen (secondary N) is 1. The molecule has 1 fully saturated rings. The third-order valence-electron chi connectivity index (χ3n) is 5.84. The largest absolute Gasteiger partial charge is 0.382 e. The molecular formula is C25H35N3O8. The number of likely N-dealkylation sites (tertiary alicyclic amines) is 1. The summed E-state index contributed by atoms with van der Waals surface area (Å²) in [5.41, 5.74) is 0.981. The number of ether oxygens (including phenoxy) is 4. The summed E-state index contributed by atoms with van der Waals surface area (Å²) < 4.78 is 21.7. The van der Waals surface area contributed by atoms with Gasteiger partial charge in [0.15, 0.2) is 0 Å². The molecule has 1 aromatic carbocycles. The Bertz CT molecular complexity index is 938. The van der Waals surface area contributed by atoms with Crippen LogP contribution in [0.4, 0.5) is 5.69 Å². The smallest absolute Gasteiger partial charge is 0.264 e. The van der Waals surface area contributed by atoms with Crippen LogP contribution in [0.2, 0.25) is 0 Å². The minimum absolute atomic E-state index is 0.194. The molecule has 0 saturated carbocycles. The van der Waals surface area contributed by atoms with E-state index in [1.54, 1.807) is 18.2 Å². The van der Waals surface area contributed by atoms with Gasteiger partial charge in [0.05, 0.1) is 57.4 Å². The van der Waals surface area contributed by atoms with Crippen molar-refractivity contribution in [1.29, 1.82) is 0 Å². The first-order valence-corrected chi connectivity index (χ1v) is 12.3. The molecule has 36 heavy (non-hydrogen) atoms. The van der Waals surface area contributed by atoms with Crippen molar-refractivity contribution < 1.29 is 38.1 Å². The summed E-state index contributed by atoms with van der Waals surface area (Å²) in [6.45, 7) is 8.04. The number of hydrogen-bond donors (Lipinski definition) is 1. The van der Waals surface area contributed by atoms with Crippen molar-refractivity contribution in [2.24, 2.45) is 0 Å².